The molecule has 8 rings (SSSR count). The molecule has 2 nitrogen and oxygen atoms in total. The van der Waals surface area contributed by atoms with Crippen molar-refractivity contribution in [2.75, 3.05) is 0 Å². The van der Waals surface area contributed by atoms with Gasteiger partial charge in [0.25, 0.3) is 0 Å². The fourth-order valence-corrected chi connectivity index (χ4v) is 10.6. The molecular weight excluding hydrogens is 236 g/mol. The van der Waals surface area contributed by atoms with Gasteiger partial charge in [-0.15, -0.1) is 0 Å². The SMILES string of the molecule is O=C1[C@@H]2[C@@H]3C[C@@H]4[C@@H]5[C@H]6C(=O)[C@H]7[C@@H]8[C@@H]6[C@@H]([C@@H]15)[C@H]2[C@H]8[C@@H]3[C@H]47. The zero-order chi connectivity index (χ0) is 11.9. The zero-order valence-electron chi connectivity index (χ0n) is 10.6. The maximum atomic E-state index is 12.9. The van der Waals surface area contributed by atoms with Crippen LogP contribution in [0.4, 0.5) is 0 Å². The summed E-state index contributed by atoms with van der Waals surface area (Å²) in [6, 6.07) is 0. The summed E-state index contributed by atoms with van der Waals surface area (Å²) >= 11 is 0. The van der Waals surface area contributed by atoms with Crippen molar-refractivity contribution in [1.82, 2.24) is 0 Å². The first-order valence-electron chi connectivity index (χ1n) is 8.38. The van der Waals surface area contributed by atoms with Gasteiger partial charge < -0.3 is 0 Å². The van der Waals surface area contributed by atoms with Gasteiger partial charge in [-0.05, 0) is 65.6 Å². The number of Topliss-reactive ketones (excluding diaryl/α,β-unsaturated/α-hetero) is 2. The van der Waals surface area contributed by atoms with Gasteiger partial charge >= 0.3 is 0 Å². The molecule has 0 amide bonds. The molecule has 8 aliphatic carbocycles. The Balaban J connectivity index is 1.62. The quantitative estimate of drug-likeness (QED) is 0.650. The number of fused-ring (bicyclic) bond motifs is 3. The molecule has 19 heavy (non-hydrogen) atoms. The molecule has 0 radical (unpaired) electrons. The Bertz CT molecular complexity index is 625. The lowest BCUT2D eigenvalue weighted by Crippen LogP contribution is -2.43. The molecule has 0 spiro atoms. The second-order valence-electron chi connectivity index (χ2n) is 9.09. The molecule has 14 atom stereocenters. The minimum absolute atomic E-state index is 0.362. The average Bonchev–Trinajstić information content (AvgIpc) is 3.08. The molecule has 2 heteroatoms. The smallest absolute Gasteiger partial charge is 0.140 e. The fourth-order valence-electron chi connectivity index (χ4n) is 10.6. The Morgan fingerprint density at radius 3 is 1.89 bits per heavy atom. The molecule has 8 saturated carbocycles. The highest BCUT2D eigenvalue weighted by molar-refractivity contribution is 5.96. The van der Waals surface area contributed by atoms with Gasteiger partial charge in [0, 0.05) is 23.7 Å². The van der Waals surface area contributed by atoms with Crippen LogP contribution >= 0.6 is 0 Å². The lowest BCUT2D eigenvalue weighted by molar-refractivity contribution is -0.136. The summed E-state index contributed by atoms with van der Waals surface area (Å²) in [4.78, 5) is 25.8. The molecule has 8 fully saturated rings. The van der Waals surface area contributed by atoms with Gasteiger partial charge in [-0.1, -0.05) is 0 Å². The number of ketones is 2. The standard InChI is InChI=1S/C17H16O2/c18-16-7-3-1-2-5-4(3)8-9(7)11-12-10(8)13(5)17(19)15(12)6(2)14(11)16/h2-15H,1H2/t2-,3+,4-,5-,6-,7+,8+,9+,10-,11-,12+,13+,14-,15+/m0/s1. The van der Waals surface area contributed by atoms with Crippen molar-refractivity contribution in [1.29, 1.82) is 0 Å². The molecule has 0 aromatic carbocycles. The summed E-state index contributed by atoms with van der Waals surface area (Å²) in [7, 11) is 0. The van der Waals surface area contributed by atoms with Crippen LogP contribution in [0.3, 0.4) is 0 Å². The molecule has 0 unspecified atom stereocenters. The van der Waals surface area contributed by atoms with Crippen molar-refractivity contribution in [3.8, 4) is 0 Å². The third-order valence-electron chi connectivity index (χ3n) is 9.82. The summed E-state index contributed by atoms with van der Waals surface area (Å²) in [5, 5.41) is 0. The minimum Gasteiger partial charge on any atom is -0.299 e. The molecule has 0 aromatic heterocycles. The van der Waals surface area contributed by atoms with Gasteiger partial charge in [0.2, 0.25) is 0 Å². The monoisotopic (exact) mass is 252 g/mol. The first-order chi connectivity index (χ1) is 9.30. The summed E-state index contributed by atoms with van der Waals surface area (Å²) in [6.07, 6.45) is 1.34. The van der Waals surface area contributed by atoms with Crippen molar-refractivity contribution < 1.29 is 9.59 Å². The van der Waals surface area contributed by atoms with Gasteiger partial charge in [-0.25, -0.2) is 0 Å². The topological polar surface area (TPSA) is 34.1 Å². The summed E-state index contributed by atoms with van der Waals surface area (Å²) in [5.41, 5.74) is 0. The maximum absolute atomic E-state index is 12.9. The van der Waals surface area contributed by atoms with E-state index in [9.17, 15) is 9.59 Å². The molecule has 96 valence electrons. The molecule has 0 saturated heterocycles. The fraction of sp³-hybridized carbons (Fsp3) is 0.882. The van der Waals surface area contributed by atoms with Crippen molar-refractivity contribution in [3.63, 3.8) is 0 Å². The van der Waals surface area contributed by atoms with E-state index >= 15 is 0 Å². The molecule has 6 bridgehead atoms. The Morgan fingerprint density at radius 1 is 0.526 bits per heavy atom. The van der Waals surface area contributed by atoms with Crippen LogP contribution in [0.25, 0.3) is 0 Å². The van der Waals surface area contributed by atoms with E-state index in [1.807, 2.05) is 0 Å². The number of rotatable bonds is 0. The van der Waals surface area contributed by atoms with Crippen LogP contribution in [-0.2, 0) is 9.59 Å². The van der Waals surface area contributed by atoms with Crippen LogP contribution in [0.15, 0.2) is 0 Å². The van der Waals surface area contributed by atoms with Crippen LogP contribution in [0, 0.1) is 82.9 Å². The van der Waals surface area contributed by atoms with E-state index in [1.54, 1.807) is 0 Å². The van der Waals surface area contributed by atoms with Crippen molar-refractivity contribution in [2.24, 2.45) is 82.9 Å². The average molecular weight is 252 g/mol. The second-order valence-corrected chi connectivity index (χ2v) is 9.09. The Hall–Kier alpha value is -0.660. The van der Waals surface area contributed by atoms with Gasteiger partial charge in [0.1, 0.15) is 11.6 Å². The highest BCUT2D eigenvalue weighted by atomic mass is 16.1. The summed E-state index contributed by atoms with van der Waals surface area (Å²) in [5.74, 6) is 10.3. The number of carbonyl (C=O) groups is 2. The van der Waals surface area contributed by atoms with E-state index in [0.717, 1.165) is 41.4 Å². The predicted octanol–water partition coefficient (Wildman–Crippen LogP) is 1.25. The first kappa shape index (κ1) is 8.59. The van der Waals surface area contributed by atoms with Gasteiger partial charge in [0.15, 0.2) is 0 Å². The minimum atomic E-state index is 0.362. The third kappa shape index (κ3) is 0.489. The molecule has 0 N–H and O–H groups in total. The lowest BCUT2D eigenvalue weighted by atomic mass is 9.63. The molecule has 0 heterocycles. The zero-order valence-corrected chi connectivity index (χ0v) is 10.6. The molecule has 8 aliphatic rings. The Kier molecular flexibility index (Phi) is 0.896. The predicted molar refractivity (Wildman–Crippen MR) is 63.5 cm³/mol. The van der Waals surface area contributed by atoms with E-state index in [2.05, 4.69) is 0 Å². The van der Waals surface area contributed by atoms with Crippen LogP contribution in [0.1, 0.15) is 6.42 Å². The molecule has 0 aromatic rings. The van der Waals surface area contributed by atoms with E-state index in [1.165, 1.54) is 6.42 Å². The van der Waals surface area contributed by atoms with E-state index in [-0.39, 0.29) is 0 Å². The van der Waals surface area contributed by atoms with Crippen LogP contribution in [-0.4, -0.2) is 11.6 Å². The normalized spacial score (nSPS) is 84.8. The summed E-state index contributed by atoms with van der Waals surface area (Å²) < 4.78 is 0. The van der Waals surface area contributed by atoms with Crippen LogP contribution < -0.4 is 0 Å². The first-order valence-corrected chi connectivity index (χ1v) is 8.38. The van der Waals surface area contributed by atoms with Crippen molar-refractivity contribution in [2.45, 2.75) is 6.42 Å². The third-order valence-corrected chi connectivity index (χ3v) is 9.82. The highest BCUT2D eigenvalue weighted by Gasteiger charge is 2.90. The van der Waals surface area contributed by atoms with E-state index < -0.39 is 0 Å². The van der Waals surface area contributed by atoms with Crippen molar-refractivity contribution >= 4 is 11.6 Å². The lowest BCUT2D eigenvalue weighted by Gasteiger charge is -2.40. The van der Waals surface area contributed by atoms with Crippen LogP contribution in [0.2, 0.25) is 0 Å². The van der Waals surface area contributed by atoms with Gasteiger partial charge in [0.05, 0.1) is 0 Å². The maximum Gasteiger partial charge on any atom is 0.140 e. The van der Waals surface area contributed by atoms with Gasteiger partial charge in [-0.2, -0.15) is 0 Å². The molecule has 0 aliphatic heterocycles. The van der Waals surface area contributed by atoms with E-state index in [0.29, 0.717) is 53.0 Å². The van der Waals surface area contributed by atoms with Gasteiger partial charge in [-0.3, -0.25) is 9.59 Å². The Labute approximate surface area is 111 Å². The van der Waals surface area contributed by atoms with Crippen LogP contribution in [0.5, 0.6) is 0 Å². The highest BCUT2D eigenvalue weighted by Crippen LogP contribution is 2.89. The number of hydrogen-bond donors (Lipinski definition) is 0. The second kappa shape index (κ2) is 1.98. The summed E-state index contributed by atoms with van der Waals surface area (Å²) in [6.45, 7) is 0. The Morgan fingerprint density at radius 2 is 1.11 bits per heavy atom. The van der Waals surface area contributed by atoms with Crippen molar-refractivity contribution in [3.05, 3.63) is 0 Å². The number of carbonyl (C=O) groups excluding carboxylic acids is 2. The largest absolute Gasteiger partial charge is 0.299 e. The number of hydrogen-bond acceptors (Lipinski definition) is 2. The van der Waals surface area contributed by atoms with E-state index in [4.69, 9.17) is 0 Å². The molecular formula is C17H16O2.